The molecule has 0 amide bonds. The van der Waals surface area contributed by atoms with Crippen LogP contribution < -0.4 is 5.32 Å². The lowest BCUT2D eigenvalue weighted by atomic mass is 9.61. The van der Waals surface area contributed by atoms with Crippen molar-refractivity contribution in [1.82, 2.24) is 5.32 Å². The summed E-state index contributed by atoms with van der Waals surface area (Å²) >= 11 is 0. The Kier molecular flexibility index (Phi) is 2.81. The lowest BCUT2D eigenvalue weighted by Crippen LogP contribution is -2.68. The molecule has 3 aliphatic rings. The summed E-state index contributed by atoms with van der Waals surface area (Å²) in [5.41, 5.74) is -0.319. The first-order valence-electron chi connectivity index (χ1n) is 6.99. The predicted octanol–water partition coefficient (Wildman–Crippen LogP) is 1.32. The summed E-state index contributed by atoms with van der Waals surface area (Å²) < 4.78 is 29.4. The first-order chi connectivity index (χ1) is 8.37. The summed E-state index contributed by atoms with van der Waals surface area (Å²) in [6.45, 7) is 5.18. The van der Waals surface area contributed by atoms with Gasteiger partial charge in [0.2, 0.25) is 0 Å². The zero-order valence-corrected chi connectivity index (χ0v) is 12.1. The van der Waals surface area contributed by atoms with Crippen molar-refractivity contribution < 1.29 is 13.2 Å². The molecule has 3 rings (SSSR count). The van der Waals surface area contributed by atoms with E-state index in [1.54, 1.807) is 0 Å². The molecule has 0 aromatic rings. The molecule has 2 unspecified atom stereocenters. The molecule has 2 aliphatic heterocycles. The van der Waals surface area contributed by atoms with E-state index in [1.165, 1.54) is 19.3 Å². The van der Waals surface area contributed by atoms with E-state index in [2.05, 4.69) is 19.2 Å². The number of ether oxygens (including phenoxy) is 1. The Bertz CT molecular complexity index is 441. The summed E-state index contributed by atoms with van der Waals surface area (Å²) in [6, 6.07) is 0.397. The lowest BCUT2D eigenvalue weighted by molar-refractivity contribution is -0.184. The maximum Gasteiger partial charge on any atom is 0.154 e. The molecule has 0 radical (unpaired) electrons. The molecule has 104 valence electrons. The molecule has 3 fully saturated rings. The molecule has 2 saturated heterocycles. The third-order valence-corrected chi connectivity index (χ3v) is 6.73. The number of rotatable bonds is 1. The van der Waals surface area contributed by atoms with Gasteiger partial charge in [-0.15, -0.1) is 0 Å². The molecule has 2 heterocycles. The van der Waals surface area contributed by atoms with Crippen molar-refractivity contribution in [2.45, 2.75) is 51.3 Å². The minimum absolute atomic E-state index is 0.152. The van der Waals surface area contributed by atoms with Crippen LogP contribution in [0.3, 0.4) is 0 Å². The van der Waals surface area contributed by atoms with E-state index in [0.717, 1.165) is 6.61 Å². The largest absolute Gasteiger partial charge is 0.359 e. The molecule has 2 spiro atoms. The van der Waals surface area contributed by atoms with Gasteiger partial charge in [-0.25, -0.2) is 8.42 Å². The smallest absolute Gasteiger partial charge is 0.154 e. The zero-order chi connectivity index (χ0) is 13.0. The molecule has 0 bridgehead atoms. The summed E-state index contributed by atoms with van der Waals surface area (Å²) in [5, 5.41) is 3.58. The van der Waals surface area contributed by atoms with Crippen LogP contribution in [0, 0.1) is 11.3 Å². The number of hydrogen-bond acceptors (Lipinski definition) is 4. The fourth-order valence-corrected chi connectivity index (χ4v) is 5.66. The Labute approximate surface area is 109 Å². The van der Waals surface area contributed by atoms with Crippen LogP contribution in [0.2, 0.25) is 0 Å². The van der Waals surface area contributed by atoms with Gasteiger partial charge < -0.3 is 4.74 Å². The minimum atomic E-state index is -2.92. The maximum atomic E-state index is 11.7. The van der Waals surface area contributed by atoms with E-state index < -0.39 is 15.6 Å². The molecule has 1 aliphatic carbocycles. The van der Waals surface area contributed by atoms with Crippen LogP contribution in [0.1, 0.15) is 39.5 Å². The van der Waals surface area contributed by atoms with Crippen molar-refractivity contribution >= 4 is 9.84 Å². The molecular formula is C13H23NO3S. The monoisotopic (exact) mass is 273 g/mol. The molecule has 0 aromatic heterocycles. The Morgan fingerprint density at radius 2 is 2.00 bits per heavy atom. The average molecular weight is 273 g/mol. The van der Waals surface area contributed by atoms with Gasteiger partial charge in [-0.1, -0.05) is 20.3 Å². The van der Waals surface area contributed by atoms with Crippen molar-refractivity contribution in [3.05, 3.63) is 0 Å². The Morgan fingerprint density at radius 3 is 2.44 bits per heavy atom. The van der Waals surface area contributed by atoms with Gasteiger partial charge in [0.1, 0.15) is 5.72 Å². The third kappa shape index (κ3) is 1.91. The molecule has 1 N–H and O–H groups in total. The van der Waals surface area contributed by atoms with Crippen molar-refractivity contribution in [3.8, 4) is 0 Å². The van der Waals surface area contributed by atoms with Gasteiger partial charge in [0.05, 0.1) is 18.1 Å². The van der Waals surface area contributed by atoms with Crippen LogP contribution in [-0.4, -0.2) is 38.3 Å². The van der Waals surface area contributed by atoms with Crippen LogP contribution in [-0.2, 0) is 14.6 Å². The van der Waals surface area contributed by atoms with E-state index in [-0.39, 0.29) is 16.9 Å². The van der Waals surface area contributed by atoms with Crippen LogP contribution in [0.15, 0.2) is 0 Å². The highest BCUT2D eigenvalue weighted by Gasteiger charge is 2.56. The first kappa shape index (κ1) is 12.9. The Hall–Kier alpha value is -0.130. The van der Waals surface area contributed by atoms with E-state index in [0.29, 0.717) is 18.4 Å². The zero-order valence-electron chi connectivity index (χ0n) is 11.2. The van der Waals surface area contributed by atoms with Gasteiger partial charge in [0, 0.05) is 17.9 Å². The second kappa shape index (κ2) is 3.93. The van der Waals surface area contributed by atoms with Gasteiger partial charge in [0.25, 0.3) is 0 Å². The van der Waals surface area contributed by atoms with Crippen LogP contribution in [0.25, 0.3) is 0 Å². The molecule has 4 nitrogen and oxygen atoms in total. The molecular weight excluding hydrogens is 250 g/mol. The second-order valence-corrected chi connectivity index (χ2v) is 8.89. The van der Waals surface area contributed by atoms with Crippen LogP contribution in [0.4, 0.5) is 0 Å². The quantitative estimate of drug-likeness (QED) is 0.783. The molecule has 5 heteroatoms. The Balaban J connectivity index is 1.82. The third-order valence-electron chi connectivity index (χ3n) is 5.00. The molecule has 0 aromatic carbocycles. The van der Waals surface area contributed by atoms with Gasteiger partial charge in [0.15, 0.2) is 9.84 Å². The first-order valence-corrected chi connectivity index (χ1v) is 8.81. The van der Waals surface area contributed by atoms with Gasteiger partial charge in [-0.2, -0.15) is 0 Å². The SMILES string of the molecule is CC(C)C1NC2(CCS(=O)(=O)C2)OCC12CCC2. The van der Waals surface area contributed by atoms with Crippen LogP contribution >= 0.6 is 0 Å². The molecule has 1 saturated carbocycles. The highest BCUT2D eigenvalue weighted by Crippen LogP contribution is 2.50. The van der Waals surface area contributed by atoms with E-state index in [9.17, 15) is 8.42 Å². The summed E-state index contributed by atoms with van der Waals surface area (Å²) in [7, 11) is -2.92. The normalized spacial score (nSPS) is 41.4. The number of hydrogen-bond donors (Lipinski definition) is 1. The highest BCUT2D eigenvalue weighted by molar-refractivity contribution is 7.91. The fraction of sp³-hybridized carbons (Fsp3) is 1.00. The molecule has 18 heavy (non-hydrogen) atoms. The lowest BCUT2D eigenvalue weighted by Gasteiger charge is -2.57. The standard InChI is InChI=1S/C13H23NO3S/c1-10(2)11-12(4-3-5-12)8-17-13(14-11)6-7-18(15,16)9-13/h10-11,14H,3-9H2,1-2H3. The summed E-state index contributed by atoms with van der Waals surface area (Å²) in [6.07, 6.45) is 4.31. The average Bonchev–Trinajstić information content (AvgIpc) is 2.52. The summed E-state index contributed by atoms with van der Waals surface area (Å²) in [4.78, 5) is 0. The van der Waals surface area contributed by atoms with E-state index in [4.69, 9.17) is 4.74 Å². The Morgan fingerprint density at radius 1 is 1.28 bits per heavy atom. The van der Waals surface area contributed by atoms with E-state index in [1.807, 2.05) is 0 Å². The fourth-order valence-electron chi connectivity index (χ4n) is 3.86. The number of nitrogens with one attached hydrogen (secondary N) is 1. The van der Waals surface area contributed by atoms with Gasteiger partial charge in [-0.05, 0) is 18.8 Å². The second-order valence-electron chi connectivity index (χ2n) is 6.71. The van der Waals surface area contributed by atoms with Gasteiger partial charge in [-0.3, -0.25) is 5.32 Å². The minimum Gasteiger partial charge on any atom is -0.359 e. The number of sulfone groups is 1. The predicted molar refractivity (Wildman–Crippen MR) is 70.0 cm³/mol. The van der Waals surface area contributed by atoms with Crippen molar-refractivity contribution in [2.75, 3.05) is 18.1 Å². The van der Waals surface area contributed by atoms with E-state index >= 15 is 0 Å². The highest BCUT2D eigenvalue weighted by atomic mass is 32.2. The van der Waals surface area contributed by atoms with Crippen molar-refractivity contribution in [1.29, 1.82) is 0 Å². The summed E-state index contributed by atoms with van der Waals surface area (Å²) in [5.74, 6) is 0.936. The van der Waals surface area contributed by atoms with Crippen molar-refractivity contribution in [2.24, 2.45) is 11.3 Å². The van der Waals surface area contributed by atoms with Crippen LogP contribution in [0.5, 0.6) is 0 Å². The topological polar surface area (TPSA) is 55.4 Å². The molecule has 2 atom stereocenters. The maximum absolute atomic E-state index is 11.7. The van der Waals surface area contributed by atoms with Crippen molar-refractivity contribution in [3.63, 3.8) is 0 Å². The van der Waals surface area contributed by atoms with Gasteiger partial charge >= 0.3 is 0 Å².